The molecule has 0 aliphatic carbocycles. The van der Waals surface area contributed by atoms with Gasteiger partial charge in [-0.1, -0.05) is 6.58 Å². The first-order valence-electron chi connectivity index (χ1n) is 8.56. The predicted molar refractivity (Wildman–Crippen MR) is 99.7 cm³/mol. The number of amides is 1. The van der Waals surface area contributed by atoms with E-state index in [9.17, 15) is 4.79 Å². The summed E-state index contributed by atoms with van der Waals surface area (Å²) in [6.07, 6.45) is 3.87. The van der Waals surface area contributed by atoms with Crippen LogP contribution in [0.1, 0.15) is 39.3 Å². The van der Waals surface area contributed by atoms with Crippen LogP contribution in [0.4, 0.5) is 10.6 Å². The van der Waals surface area contributed by atoms with Gasteiger partial charge in [0.25, 0.3) is 0 Å². The summed E-state index contributed by atoms with van der Waals surface area (Å²) < 4.78 is 6.81. The maximum Gasteiger partial charge on any atom is 0.410 e. The number of imidazole rings is 1. The summed E-state index contributed by atoms with van der Waals surface area (Å²) in [6, 6.07) is 3.82. The van der Waals surface area contributed by atoms with Crippen LogP contribution in [0.25, 0.3) is 11.2 Å². The molecule has 1 saturated heterocycles. The average molecular weight is 345 g/mol. The number of hydrogen-bond donors (Lipinski definition) is 1. The number of carbonyl (C=O) groups excluding carboxylic acids is 1. The summed E-state index contributed by atoms with van der Waals surface area (Å²) in [5.41, 5.74) is 2.73. The highest BCUT2D eigenvalue weighted by Crippen LogP contribution is 2.14. The molecule has 3 heterocycles. The number of hydrogen-bond acceptors (Lipinski definition) is 5. The van der Waals surface area contributed by atoms with Gasteiger partial charge in [-0.3, -0.25) is 0 Å². The van der Waals surface area contributed by atoms with Crippen molar-refractivity contribution < 1.29 is 9.53 Å². The minimum Gasteiger partial charge on any atom is -0.447 e. The van der Waals surface area contributed by atoms with Crippen LogP contribution in [0.15, 0.2) is 24.9 Å². The molecule has 0 saturated carbocycles. The van der Waals surface area contributed by atoms with Crippen LogP contribution in [0.5, 0.6) is 0 Å². The van der Waals surface area contributed by atoms with Gasteiger partial charge in [0, 0.05) is 20.1 Å². The normalized spacial score (nSPS) is 13.6. The predicted octanol–water partition coefficient (Wildman–Crippen LogP) is 3.43. The maximum absolute atomic E-state index is 11.2. The lowest BCUT2D eigenvalue weighted by atomic mass is 10.3. The van der Waals surface area contributed by atoms with Gasteiger partial charge in [0.2, 0.25) is 0 Å². The van der Waals surface area contributed by atoms with E-state index < -0.39 is 0 Å². The highest BCUT2D eigenvalue weighted by atomic mass is 16.6. The van der Waals surface area contributed by atoms with Crippen LogP contribution in [0, 0.1) is 0 Å². The molecule has 1 fully saturated rings. The minimum atomic E-state index is -0.155. The molecule has 1 amide bonds. The highest BCUT2D eigenvalue weighted by molar-refractivity contribution is 5.68. The lowest BCUT2D eigenvalue weighted by Gasteiger charge is -2.16. The monoisotopic (exact) mass is 345 g/mol. The number of anilines is 1. The number of nitrogens with one attached hydrogen (secondary N) is 1. The van der Waals surface area contributed by atoms with Crippen molar-refractivity contribution in [2.24, 2.45) is 0 Å². The van der Waals surface area contributed by atoms with Crippen molar-refractivity contribution in [3.63, 3.8) is 0 Å². The van der Waals surface area contributed by atoms with E-state index in [1.165, 1.54) is 0 Å². The summed E-state index contributed by atoms with van der Waals surface area (Å²) in [7, 11) is 1.84. The molecule has 1 aliphatic rings. The second kappa shape index (κ2) is 8.50. The summed E-state index contributed by atoms with van der Waals surface area (Å²) in [4.78, 5) is 17.2. The maximum atomic E-state index is 11.2. The summed E-state index contributed by atoms with van der Waals surface area (Å²) >= 11 is 0. The molecule has 2 aromatic heterocycles. The zero-order chi connectivity index (χ0) is 18.4. The van der Waals surface area contributed by atoms with E-state index in [-0.39, 0.29) is 12.2 Å². The van der Waals surface area contributed by atoms with Crippen LogP contribution in [-0.4, -0.2) is 51.8 Å². The third-order valence-corrected chi connectivity index (χ3v) is 3.76. The lowest BCUT2D eigenvalue weighted by Crippen LogP contribution is -2.30. The minimum absolute atomic E-state index is 0.00287. The van der Waals surface area contributed by atoms with Gasteiger partial charge >= 0.3 is 6.09 Å². The van der Waals surface area contributed by atoms with Gasteiger partial charge in [0.15, 0.2) is 5.65 Å². The Morgan fingerprint density at radius 3 is 2.56 bits per heavy atom. The third kappa shape index (κ3) is 4.95. The van der Waals surface area contributed by atoms with Crippen LogP contribution in [0.2, 0.25) is 0 Å². The zero-order valence-electron chi connectivity index (χ0n) is 15.5. The molecule has 25 heavy (non-hydrogen) atoms. The molecular weight excluding hydrogens is 318 g/mol. The van der Waals surface area contributed by atoms with Crippen molar-refractivity contribution in [1.82, 2.24) is 19.5 Å². The lowest BCUT2D eigenvalue weighted by molar-refractivity contribution is 0.0837. The van der Waals surface area contributed by atoms with Gasteiger partial charge in [-0.2, -0.15) is 0 Å². The van der Waals surface area contributed by atoms with Gasteiger partial charge in [-0.25, -0.2) is 14.3 Å². The number of nitrogens with zero attached hydrogens (tertiary/aromatic N) is 4. The molecule has 3 rings (SSSR count). The molecule has 0 radical (unpaired) electrons. The van der Waals surface area contributed by atoms with E-state index in [4.69, 9.17) is 4.74 Å². The van der Waals surface area contributed by atoms with Gasteiger partial charge < -0.3 is 15.0 Å². The summed E-state index contributed by atoms with van der Waals surface area (Å²) in [6.45, 7) is 11.3. The number of carbonyl (C=O) groups is 1. The van der Waals surface area contributed by atoms with E-state index in [1.54, 1.807) is 15.6 Å². The summed E-state index contributed by atoms with van der Waals surface area (Å²) in [5.74, 6) is 0.818. The Hall–Kier alpha value is -2.57. The number of rotatable bonds is 3. The molecule has 136 valence electrons. The number of allylic oxidation sites excluding steroid dienone is 1. The van der Waals surface area contributed by atoms with E-state index in [2.05, 4.69) is 22.0 Å². The SMILES string of the molecule is C=C(C)c1cnc2ccc(NC)nn12.CC(C)OC(=O)N1CCCC1. The first-order chi connectivity index (χ1) is 11.9. The van der Waals surface area contributed by atoms with Crippen LogP contribution in [-0.2, 0) is 4.74 Å². The standard InChI is InChI=1S/C10H12N4.C8H15NO2/c1-7(2)8-6-12-10-5-4-9(11-3)13-14(8)10;1-7(2)11-8(10)9-5-3-4-6-9/h4-6H,1H2,2-3H3,(H,11,13);7H,3-6H2,1-2H3. The summed E-state index contributed by atoms with van der Waals surface area (Å²) in [5, 5.41) is 7.34. The molecule has 0 spiro atoms. The van der Waals surface area contributed by atoms with Gasteiger partial charge in [-0.15, -0.1) is 5.10 Å². The smallest absolute Gasteiger partial charge is 0.410 e. The number of fused-ring (bicyclic) bond motifs is 1. The largest absolute Gasteiger partial charge is 0.447 e. The number of aromatic nitrogens is 3. The van der Waals surface area contributed by atoms with E-state index in [0.717, 1.165) is 48.7 Å². The van der Waals surface area contributed by atoms with Crippen molar-refractivity contribution in [2.75, 3.05) is 25.5 Å². The first kappa shape index (κ1) is 18.8. The molecule has 7 heteroatoms. The Balaban J connectivity index is 0.000000186. The highest BCUT2D eigenvalue weighted by Gasteiger charge is 2.19. The van der Waals surface area contributed by atoms with Gasteiger partial charge in [0.1, 0.15) is 5.82 Å². The molecule has 2 aromatic rings. The van der Waals surface area contributed by atoms with E-state index in [0.29, 0.717) is 0 Å². The van der Waals surface area contributed by atoms with Crippen molar-refractivity contribution >= 4 is 23.1 Å². The fourth-order valence-electron chi connectivity index (χ4n) is 2.47. The number of likely N-dealkylation sites (tertiary alicyclic amines) is 1. The molecular formula is C18H27N5O2. The molecule has 0 unspecified atom stereocenters. The molecule has 0 bridgehead atoms. The Bertz CT molecular complexity index is 732. The third-order valence-electron chi connectivity index (χ3n) is 3.76. The first-order valence-corrected chi connectivity index (χ1v) is 8.56. The molecule has 0 atom stereocenters. The topological polar surface area (TPSA) is 71.8 Å². The zero-order valence-corrected chi connectivity index (χ0v) is 15.5. The van der Waals surface area contributed by atoms with E-state index >= 15 is 0 Å². The van der Waals surface area contributed by atoms with Crippen LogP contribution < -0.4 is 5.32 Å². The fraction of sp³-hybridized carbons (Fsp3) is 0.500. The second-order valence-electron chi connectivity index (χ2n) is 6.29. The Morgan fingerprint density at radius 2 is 2.00 bits per heavy atom. The molecule has 7 nitrogen and oxygen atoms in total. The molecule has 1 aliphatic heterocycles. The average Bonchev–Trinajstić information content (AvgIpc) is 3.23. The second-order valence-corrected chi connectivity index (χ2v) is 6.29. The van der Waals surface area contributed by atoms with Gasteiger partial charge in [0.05, 0.1) is 18.0 Å². The Morgan fingerprint density at radius 1 is 1.32 bits per heavy atom. The van der Waals surface area contributed by atoms with Crippen molar-refractivity contribution in [3.8, 4) is 0 Å². The van der Waals surface area contributed by atoms with Crippen LogP contribution in [0.3, 0.4) is 0 Å². The van der Waals surface area contributed by atoms with Gasteiger partial charge in [-0.05, 0) is 51.3 Å². The van der Waals surface area contributed by atoms with Crippen LogP contribution >= 0.6 is 0 Å². The number of ether oxygens (including phenoxy) is 1. The Kier molecular flexibility index (Phi) is 6.38. The molecule has 0 aromatic carbocycles. The van der Waals surface area contributed by atoms with Crippen molar-refractivity contribution in [1.29, 1.82) is 0 Å². The van der Waals surface area contributed by atoms with Crippen molar-refractivity contribution in [2.45, 2.75) is 39.7 Å². The fourth-order valence-corrected chi connectivity index (χ4v) is 2.47. The molecule has 1 N–H and O–H groups in total. The Labute approximate surface area is 148 Å². The van der Waals surface area contributed by atoms with E-state index in [1.807, 2.05) is 40.0 Å². The van der Waals surface area contributed by atoms with Crippen molar-refractivity contribution in [3.05, 3.63) is 30.6 Å². The quantitative estimate of drug-likeness (QED) is 0.923.